The Morgan fingerprint density at radius 1 is 1.26 bits per heavy atom. The molecule has 0 aromatic heterocycles. The van der Waals surface area contributed by atoms with Gasteiger partial charge in [-0.1, -0.05) is 25.3 Å². The van der Waals surface area contributed by atoms with Crippen molar-refractivity contribution in [3.8, 4) is 11.5 Å². The Bertz CT molecular complexity index is 516. The Kier molecular flexibility index (Phi) is 6.96. The maximum absolute atomic E-state index is 5.56. The molecule has 2 rings (SSSR count). The van der Waals surface area contributed by atoms with Crippen LogP contribution in [-0.4, -0.2) is 36.8 Å². The van der Waals surface area contributed by atoms with Crippen molar-refractivity contribution in [3.63, 3.8) is 0 Å². The molecule has 5 heteroatoms. The van der Waals surface area contributed by atoms with Crippen molar-refractivity contribution in [2.24, 2.45) is 0 Å². The second kappa shape index (κ2) is 8.96. The summed E-state index contributed by atoms with van der Waals surface area (Å²) in [6, 6.07) is 6.58. The Hall–Kier alpha value is -1.49. The molecule has 1 N–H and O–H groups in total. The van der Waals surface area contributed by atoms with E-state index in [1.54, 1.807) is 7.11 Å². The summed E-state index contributed by atoms with van der Waals surface area (Å²) in [5.41, 5.74) is 1.15. The molecule has 4 nitrogen and oxygen atoms in total. The van der Waals surface area contributed by atoms with Gasteiger partial charge in [0.2, 0.25) is 0 Å². The molecule has 0 spiro atoms. The predicted molar refractivity (Wildman–Crippen MR) is 98.2 cm³/mol. The average molecular weight is 337 g/mol. The van der Waals surface area contributed by atoms with Crippen molar-refractivity contribution in [2.45, 2.75) is 51.6 Å². The lowest BCUT2D eigenvalue weighted by molar-refractivity contribution is 0.310. The molecule has 1 fully saturated rings. The van der Waals surface area contributed by atoms with Crippen molar-refractivity contribution in [3.05, 3.63) is 23.8 Å². The number of nitrogens with zero attached hydrogens (tertiary/aromatic N) is 1. The summed E-state index contributed by atoms with van der Waals surface area (Å²) in [5.74, 6) is 1.55. The monoisotopic (exact) mass is 336 g/mol. The zero-order valence-corrected chi connectivity index (χ0v) is 15.2. The van der Waals surface area contributed by atoms with Gasteiger partial charge in [-0.3, -0.25) is 0 Å². The fraction of sp³-hybridized carbons (Fsp3) is 0.611. The Labute approximate surface area is 145 Å². The largest absolute Gasteiger partial charge is 0.493 e. The molecule has 1 aromatic rings. The average Bonchev–Trinajstić information content (AvgIpc) is 2.57. The fourth-order valence-corrected chi connectivity index (χ4v) is 3.19. The molecule has 0 unspecified atom stereocenters. The van der Waals surface area contributed by atoms with Crippen molar-refractivity contribution >= 4 is 17.3 Å². The fourth-order valence-electron chi connectivity index (χ4n) is 2.96. The van der Waals surface area contributed by atoms with Crippen LogP contribution in [0.2, 0.25) is 0 Å². The van der Waals surface area contributed by atoms with Gasteiger partial charge in [0.25, 0.3) is 0 Å². The van der Waals surface area contributed by atoms with Crippen molar-refractivity contribution in [1.82, 2.24) is 10.2 Å². The third-order valence-electron chi connectivity index (χ3n) is 4.23. The molecular formula is C18H28N2O2S. The minimum Gasteiger partial charge on any atom is -0.493 e. The zero-order chi connectivity index (χ0) is 16.7. The lowest BCUT2D eigenvalue weighted by Crippen LogP contribution is -2.43. The normalized spacial score (nSPS) is 15.1. The number of hydrogen-bond donors (Lipinski definition) is 1. The van der Waals surface area contributed by atoms with Gasteiger partial charge in [-0.2, -0.15) is 0 Å². The van der Waals surface area contributed by atoms with Gasteiger partial charge in [0.1, 0.15) is 0 Å². The molecular weight excluding hydrogens is 308 g/mol. The number of rotatable bonds is 6. The molecule has 0 saturated heterocycles. The Morgan fingerprint density at radius 3 is 2.65 bits per heavy atom. The van der Waals surface area contributed by atoms with Crippen LogP contribution in [0, 0.1) is 0 Å². The van der Waals surface area contributed by atoms with E-state index in [1.165, 1.54) is 32.1 Å². The minimum atomic E-state index is 0.536. The van der Waals surface area contributed by atoms with Gasteiger partial charge in [-0.05, 0) is 49.7 Å². The van der Waals surface area contributed by atoms with E-state index < -0.39 is 0 Å². The van der Waals surface area contributed by atoms with Gasteiger partial charge >= 0.3 is 0 Å². The summed E-state index contributed by atoms with van der Waals surface area (Å²) in [7, 11) is 3.70. The Morgan fingerprint density at radius 2 is 2.00 bits per heavy atom. The summed E-state index contributed by atoms with van der Waals surface area (Å²) in [5, 5.41) is 4.32. The first-order valence-corrected chi connectivity index (χ1v) is 8.86. The SMILES string of the molecule is CCOc1ccc(CN(C)C(=S)NC2CCCCC2)cc1OC. The van der Waals surface area contributed by atoms with E-state index in [1.807, 2.05) is 26.1 Å². The summed E-state index contributed by atoms with van der Waals surface area (Å²) in [6.07, 6.45) is 6.42. The van der Waals surface area contributed by atoms with Gasteiger partial charge in [0, 0.05) is 19.6 Å². The van der Waals surface area contributed by atoms with Crippen molar-refractivity contribution < 1.29 is 9.47 Å². The molecule has 0 atom stereocenters. The minimum absolute atomic E-state index is 0.536. The lowest BCUT2D eigenvalue weighted by Gasteiger charge is -2.28. The maximum Gasteiger partial charge on any atom is 0.169 e. The molecule has 0 heterocycles. The molecule has 1 aliphatic carbocycles. The summed E-state index contributed by atoms with van der Waals surface area (Å²) in [4.78, 5) is 2.08. The van der Waals surface area contributed by atoms with Crippen LogP contribution in [0.3, 0.4) is 0 Å². The molecule has 0 aliphatic heterocycles. The first-order valence-electron chi connectivity index (χ1n) is 8.45. The van der Waals surface area contributed by atoms with E-state index in [9.17, 15) is 0 Å². The number of hydrogen-bond acceptors (Lipinski definition) is 3. The number of ether oxygens (including phenoxy) is 2. The van der Waals surface area contributed by atoms with Crippen LogP contribution in [0.5, 0.6) is 11.5 Å². The van der Waals surface area contributed by atoms with Crippen LogP contribution in [0.4, 0.5) is 0 Å². The summed E-state index contributed by atoms with van der Waals surface area (Å²) in [6.45, 7) is 3.35. The van der Waals surface area contributed by atoms with E-state index in [0.29, 0.717) is 12.6 Å². The molecule has 1 aromatic carbocycles. The van der Waals surface area contributed by atoms with Crippen molar-refractivity contribution in [2.75, 3.05) is 20.8 Å². The first kappa shape index (κ1) is 17.9. The number of methoxy groups -OCH3 is 1. The molecule has 128 valence electrons. The molecule has 0 amide bonds. The maximum atomic E-state index is 5.56. The predicted octanol–water partition coefficient (Wildman–Crippen LogP) is 3.73. The van der Waals surface area contributed by atoms with Gasteiger partial charge in [-0.25, -0.2) is 0 Å². The van der Waals surface area contributed by atoms with Crippen LogP contribution in [0.1, 0.15) is 44.6 Å². The van der Waals surface area contributed by atoms with E-state index in [-0.39, 0.29) is 0 Å². The number of nitrogens with one attached hydrogen (secondary N) is 1. The highest BCUT2D eigenvalue weighted by molar-refractivity contribution is 7.80. The molecule has 23 heavy (non-hydrogen) atoms. The van der Waals surface area contributed by atoms with Crippen LogP contribution in [-0.2, 0) is 6.54 Å². The van der Waals surface area contributed by atoms with Gasteiger partial charge in [0.15, 0.2) is 16.6 Å². The molecule has 1 aliphatic rings. The van der Waals surface area contributed by atoms with E-state index in [0.717, 1.165) is 28.7 Å². The van der Waals surface area contributed by atoms with Gasteiger partial charge in [-0.15, -0.1) is 0 Å². The second-order valence-electron chi connectivity index (χ2n) is 6.06. The summed E-state index contributed by atoms with van der Waals surface area (Å²) < 4.78 is 11.0. The van der Waals surface area contributed by atoms with E-state index >= 15 is 0 Å². The molecule has 1 saturated carbocycles. The lowest BCUT2D eigenvalue weighted by atomic mass is 9.96. The third kappa shape index (κ3) is 5.27. The van der Waals surface area contributed by atoms with Gasteiger partial charge < -0.3 is 19.7 Å². The number of thiocarbonyl (C=S) groups is 1. The third-order valence-corrected chi connectivity index (χ3v) is 4.66. The molecule has 0 radical (unpaired) electrons. The quantitative estimate of drug-likeness (QED) is 0.801. The highest BCUT2D eigenvalue weighted by atomic mass is 32.1. The van der Waals surface area contributed by atoms with Crippen LogP contribution < -0.4 is 14.8 Å². The highest BCUT2D eigenvalue weighted by Gasteiger charge is 2.16. The second-order valence-corrected chi connectivity index (χ2v) is 6.45. The summed E-state index contributed by atoms with van der Waals surface area (Å²) >= 11 is 5.54. The highest BCUT2D eigenvalue weighted by Crippen LogP contribution is 2.28. The topological polar surface area (TPSA) is 33.7 Å². The Balaban J connectivity index is 1.93. The standard InChI is InChI=1S/C18H28N2O2S/c1-4-22-16-11-10-14(12-17(16)21-3)13-20(2)18(23)19-15-8-6-5-7-9-15/h10-12,15H,4-9,13H2,1-3H3,(H,19,23). The van der Waals surface area contributed by atoms with E-state index in [2.05, 4.69) is 16.3 Å². The van der Waals surface area contributed by atoms with Crippen molar-refractivity contribution in [1.29, 1.82) is 0 Å². The van der Waals surface area contributed by atoms with Gasteiger partial charge in [0.05, 0.1) is 13.7 Å². The van der Waals surface area contributed by atoms with Crippen LogP contribution in [0.15, 0.2) is 18.2 Å². The van der Waals surface area contributed by atoms with Crippen LogP contribution >= 0.6 is 12.2 Å². The molecule has 0 bridgehead atoms. The smallest absolute Gasteiger partial charge is 0.169 e. The zero-order valence-electron chi connectivity index (χ0n) is 14.4. The van der Waals surface area contributed by atoms with Crippen LogP contribution in [0.25, 0.3) is 0 Å². The number of benzene rings is 1. The first-order chi connectivity index (χ1) is 11.1. The van der Waals surface area contributed by atoms with E-state index in [4.69, 9.17) is 21.7 Å².